The molecule has 2 aromatic rings. The second-order valence-electron chi connectivity index (χ2n) is 8.85. The van der Waals surface area contributed by atoms with Crippen LogP contribution in [0.5, 0.6) is 0 Å². The highest BCUT2D eigenvalue weighted by Crippen LogP contribution is 2.23. The van der Waals surface area contributed by atoms with Crippen molar-refractivity contribution in [2.75, 3.05) is 23.3 Å². The zero-order chi connectivity index (χ0) is 24.2. The van der Waals surface area contributed by atoms with Crippen molar-refractivity contribution in [3.8, 4) is 0 Å². The highest BCUT2D eigenvalue weighted by Gasteiger charge is 2.26. The minimum Gasteiger partial charge on any atom is -0.365 e. The summed E-state index contributed by atoms with van der Waals surface area (Å²) in [7, 11) is 0. The maximum absolute atomic E-state index is 12.3. The fourth-order valence-corrected chi connectivity index (χ4v) is 3.37. The lowest BCUT2D eigenvalue weighted by Crippen LogP contribution is -2.40. The standard InChI is InChI=1S/C23H29N7O3/c1-5-18(31)26-16-10-11-30(13-16)22-25-12-17(19(24)32)20(28-22)27-15-8-6-14(7-9-15)21(33)29-23(2,3)4/h5-9,12,16H,1,10-11,13H2,2-4H3,(H2,24,32)(H,26,31)(H,29,33)(H,25,27,28). The Kier molecular flexibility index (Phi) is 6.95. The van der Waals surface area contributed by atoms with Gasteiger partial charge in [-0.15, -0.1) is 0 Å². The predicted molar refractivity (Wildman–Crippen MR) is 126 cm³/mol. The number of anilines is 3. The lowest BCUT2D eigenvalue weighted by Gasteiger charge is -2.20. The maximum atomic E-state index is 12.3. The number of benzene rings is 1. The molecule has 1 aromatic heterocycles. The van der Waals surface area contributed by atoms with E-state index in [9.17, 15) is 14.4 Å². The number of carbonyl (C=O) groups excluding carboxylic acids is 3. The second-order valence-corrected chi connectivity index (χ2v) is 8.85. The molecule has 5 N–H and O–H groups in total. The van der Waals surface area contributed by atoms with Gasteiger partial charge in [0.15, 0.2) is 0 Å². The molecule has 0 bridgehead atoms. The van der Waals surface area contributed by atoms with Gasteiger partial charge >= 0.3 is 0 Å². The number of hydrogen-bond acceptors (Lipinski definition) is 7. The Hall–Kier alpha value is -3.95. The molecule has 10 heteroatoms. The molecule has 0 saturated carbocycles. The number of nitrogens with two attached hydrogens (primary N) is 1. The monoisotopic (exact) mass is 451 g/mol. The van der Waals surface area contributed by atoms with Crippen molar-refractivity contribution in [1.82, 2.24) is 20.6 Å². The summed E-state index contributed by atoms with van der Waals surface area (Å²) in [5.74, 6) is -0.392. The minimum absolute atomic E-state index is 0.0434. The molecule has 1 saturated heterocycles. The van der Waals surface area contributed by atoms with Gasteiger partial charge < -0.3 is 26.6 Å². The minimum atomic E-state index is -0.664. The van der Waals surface area contributed by atoms with E-state index in [1.807, 2.05) is 25.7 Å². The molecule has 1 aliphatic heterocycles. The van der Waals surface area contributed by atoms with Crippen LogP contribution in [0.25, 0.3) is 0 Å². The molecule has 1 atom stereocenters. The Labute approximate surface area is 192 Å². The van der Waals surface area contributed by atoms with E-state index in [4.69, 9.17) is 5.73 Å². The average Bonchev–Trinajstić information content (AvgIpc) is 3.21. The third kappa shape index (κ3) is 6.28. The Morgan fingerprint density at radius 2 is 1.91 bits per heavy atom. The first-order valence-electron chi connectivity index (χ1n) is 10.6. The number of primary amides is 1. The molecule has 2 heterocycles. The second kappa shape index (κ2) is 9.68. The summed E-state index contributed by atoms with van der Waals surface area (Å²) in [6.45, 7) is 10.4. The molecule has 33 heavy (non-hydrogen) atoms. The van der Waals surface area contributed by atoms with Gasteiger partial charge in [-0.05, 0) is 57.5 Å². The molecule has 3 amide bonds. The van der Waals surface area contributed by atoms with Crippen molar-refractivity contribution in [2.45, 2.75) is 38.8 Å². The fourth-order valence-electron chi connectivity index (χ4n) is 3.37. The van der Waals surface area contributed by atoms with Crippen LogP contribution >= 0.6 is 0 Å². The summed E-state index contributed by atoms with van der Waals surface area (Å²) in [6, 6.07) is 6.77. The summed E-state index contributed by atoms with van der Waals surface area (Å²) in [4.78, 5) is 46.5. The summed E-state index contributed by atoms with van der Waals surface area (Å²) >= 11 is 0. The molecule has 10 nitrogen and oxygen atoms in total. The van der Waals surface area contributed by atoms with Crippen LogP contribution in [0.1, 0.15) is 47.9 Å². The van der Waals surface area contributed by atoms with Crippen LogP contribution in [0.2, 0.25) is 0 Å². The largest absolute Gasteiger partial charge is 0.365 e. The molecule has 1 aromatic carbocycles. The molecule has 1 aliphatic rings. The lowest BCUT2D eigenvalue weighted by molar-refractivity contribution is -0.117. The van der Waals surface area contributed by atoms with Gasteiger partial charge in [-0.25, -0.2) is 4.98 Å². The Balaban J connectivity index is 1.77. The summed E-state index contributed by atoms with van der Waals surface area (Å²) in [5.41, 5.74) is 6.45. The zero-order valence-corrected chi connectivity index (χ0v) is 19.0. The summed E-state index contributed by atoms with van der Waals surface area (Å²) in [5, 5.41) is 8.86. The van der Waals surface area contributed by atoms with Crippen LogP contribution in [0.4, 0.5) is 17.5 Å². The Morgan fingerprint density at radius 1 is 1.21 bits per heavy atom. The molecule has 3 rings (SSSR count). The summed E-state index contributed by atoms with van der Waals surface area (Å²) < 4.78 is 0. The first-order chi connectivity index (χ1) is 15.6. The number of carbonyl (C=O) groups is 3. The van der Waals surface area contributed by atoms with Gasteiger partial charge in [-0.2, -0.15) is 4.98 Å². The van der Waals surface area contributed by atoms with Gasteiger partial charge in [0.05, 0.1) is 0 Å². The van der Waals surface area contributed by atoms with Gasteiger partial charge in [0.2, 0.25) is 11.9 Å². The van der Waals surface area contributed by atoms with E-state index in [0.717, 1.165) is 6.42 Å². The van der Waals surface area contributed by atoms with Crippen molar-refractivity contribution in [3.05, 3.63) is 54.2 Å². The first-order valence-corrected chi connectivity index (χ1v) is 10.6. The molecule has 174 valence electrons. The zero-order valence-electron chi connectivity index (χ0n) is 19.0. The number of aromatic nitrogens is 2. The van der Waals surface area contributed by atoms with E-state index in [2.05, 4.69) is 32.5 Å². The molecule has 0 radical (unpaired) electrons. The van der Waals surface area contributed by atoms with Crippen LogP contribution < -0.4 is 26.6 Å². The topological polar surface area (TPSA) is 142 Å². The van der Waals surface area contributed by atoms with Gasteiger partial charge in [0, 0.05) is 42.1 Å². The van der Waals surface area contributed by atoms with Crippen molar-refractivity contribution < 1.29 is 14.4 Å². The quantitative estimate of drug-likeness (QED) is 0.470. The molecular formula is C23H29N7O3. The molecular weight excluding hydrogens is 422 g/mol. The van der Waals surface area contributed by atoms with Gasteiger partial charge in [-0.1, -0.05) is 6.58 Å². The van der Waals surface area contributed by atoms with E-state index < -0.39 is 5.91 Å². The highest BCUT2D eigenvalue weighted by molar-refractivity contribution is 5.98. The van der Waals surface area contributed by atoms with Crippen LogP contribution in [0.3, 0.4) is 0 Å². The lowest BCUT2D eigenvalue weighted by atomic mass is 10.1. The number of nitrogens with zero attached hydrogens (tertiary/aromatic N) is 3. The Morgan fingerprint density at radius 3 is 2.52 bits per heavy atom. The maximum Gasteiger partial charge on any atom is 0.254 e. The van der Waals surface area contributed by atoms with Crippen molar-refractivity contribution in [2.24, 2.45) is 5.73 Å². The van der Waals surface area contributed by atoms with Gasteiger partial charge in [0.1, 0.15) is 11.4 Å². The van der Waals surface area contributed by atoms with Crippen molar-refractivity contribution in [1.29, 1.82) is 0 Å². The summed E-state index contributed by atoms with van der Waals surface area (Å²) in [6.07, 6.45) is 3.36. The van der Waals surface area contributed by atoms with Crippen LogP contribution in [0, 0.1) is 0 Å². The van der Waals surface area contributed by atoms with Crippen LogP contribution in [-0.2, 0) is 4.79 Å². The van der Waals surface area contributed by atoms with Crippen LogP contribution in [-0.4, -0.2) is 52.4 Å². The van der Waals surface area contributed by atoms with Gasteiger partial charge in [0.25, 0.3) is 11.8 Å². The highest BCUT2D eigenvalue weighted by atomic mass is 16.2. The first kappa shape index (κ1) is 23.7. The van der Waals surface area contributed by atoms with E-state index in [0.29, 0.717) is 30.3 Å². The molecule has 0 spiro atoms. The van der Waals surface area contributed by atoms with E-state index in [1.165, 1.54) is 12.3 Å². The number of hydrogen-bond donors (Lipinski definition) is 4. The molecule has 0 aliphatic carbocycles. The fraction of sp³-hybridized carbons (Fsp3) is 0.348. The van der Waals surface area contributed by atoms with Crippen molar-refractivity contribution >= 4 is 35.2 Å². The van der Waals surface area contributed by atoms with Crippen LogP contribution in [0.15, 0.2) is 43.1 Å². The van der Waals surface area contributed by atoms with Gasteiger partial charge in [-0.3, -0.25) is 14.4 Å². The molecule has 1 unspecified atom stereocenters. The van der Waals surface area contributed by atoms with Crippen molar-refractivity contribution in [3.63, 3.8) is 0 Å². The average molecular weight is 452 g/mol. The normalized spacial score (nSPS) is 15.6. The third-order valence-electron chi connectivity index (χ3n) is 4.94. The van der Waals surface area contributed by atoms with E-state index in [-0.39, 0.29) is 34.8 Å². The van der Waals surface area contributed by atoms with E-state index >= 15 is 0 Å². The SMILES string of the molecule is C=CC(=O)NC1CCN(c2ncc(C(N)=O)c(Nc3ccc(C(=O)NC(C)(C)C)cc3)n2)C1. The van der Waals surface area contributed by atoms with E-state index in [1.54, 1.807) is 24.3 Å². The third-order valence-corrected chi connectivity index (χ3v) is 4.94. The Bertz CT molecular complexity index is 1060. The number of amides is 3. The molecule has 1 fully saturated rings. The predicted octanol–water partition coefficient (Wildman–Crippen LogP) is 1.73. The smallest absolute Gasteiger partial charge is 0.254 e. The number of nitrogens with one attached hydrogen (secondary N) is 3. The number of rotatable bonds is 7.